The van der Waals surface area contributed by atoms with Gasteiger partial charge in [-0.2, -0.15) is 0 Å². The molecule has 0 saturated carbocycles. The first-order chi connectivity index (χ1) is 13.5. The van der Waals surface area contributed by atoms with Crippen molar-refractivity contribution in [3.05, 3.63) is 35.4 Å². The Kier molecular flexibility index (Phi) is 9.14. The average molecular weight is 389 g/mol. The van der Waals surface area contributed by atoms with E-state index in [0.717, 1.165) is 12.8 Å². The van der Waals surface area contributed by atoms with E-state index < -0.39 is 5.97 Å². The number of nitrogens with zero attached hydrogens (tertiary/aromatic N) is 1. The van der Waals surface area contributed by atoms with E-state index >= 15 is 0 Å². The van der Waals surface area contributed by atoms with Gasteiger partial charge >= 0.3 is 5.97 Å². The number of rotatable bonds is 10. The predicted octanol–water partition coefficient (Wildman–Crippen LogP) is 3.17. The zero-order valence-electron chi connectivity index (χ0n) is 16.9. The van der Waals surface area contributed by atoms with Gasteiger partial charge in [0.05, 0.1) is 19.1 Å². The molecule has 2 rings (SSSR count). The maximum absolute atomic E-state index is 12.2. The summed E-state index contributed by atoms with van der Waals surface area (Å²) in [5, 5.41) is 0. The summed E-state index contributed by atoms with van der Waals surface area (Å²) in [6.45, 7) is 5.29. The van der Waals surface area contributed by atoms with Crippen molar-refractivity contribution in [1.82, 2.24) is 4.90 Å². The molecule has 1 aromatic rings. The number of benzene rings is 1. The van der Waals surface area contributed by atoms with Gasteiger partial charge in [-0.05, 0) is 25.3 Å². The Hall–Kier alpha value is -2.21. The van der Waals surface area contributed by atoms with Crippen LogP contribution in [0, 0.1) is 0 Å². The summed E-state index contributed by atoms with van der Waals surface area (Å²) in [7, 11) is 0. The van der Waals surface area contributed by atoms with Crippen molar-refractivity contribution >= 4 is 17.7 Å². The molecular weight excluding hydrogens is 358 g/mol. The summed E-state index contributed by atoms with van der Waals surface area (Å²) < 4.78 is 10.4. The van der Waals surface area contributed by atoms with Gasteiger partial charge < -0.3 is 14.4 Å². The Labute approximate surface area is 167 Å². The van der Waals surface area contributed by atoms with Crippen LogP contribution in [0.4, 0.5) is 0 Å². The summed E-state index contributed by atoms with van der Waals surface area (Å²) in [4.78, 5) is 37.8. The molecule has 1 unspecified atom stereocenters. The third kappa shape index (κ3) is 7.43. The van der Waals surface area contributed by atoms with Gasteiger partial charge in [0.1, 0.15) is 0 Å². The lowest BCUT2D eigenvalue weighted by Crippen LogP contribution is -2.46. The van der Waals surface area contributed by atoms with Crippen molar-refractivity contribution in [2.45, 2.75) is 58.5 Å². The molecule has 0 radical (unpaired) electrons. The van der Waals surface area contributed by atoms with Crippen LogP contribution in [-0.2, 0) is 25.5 Å². The summed E-state index contributed by atoms with van der Waals surface area (Å²) in [6, 6.07) is 7.59. The molecule has 28 heavy (non-hydrogen) atoms. The van der Waals surface area contributed by atoms with Crippen LogP contribution >= 0.6 is 0 Å². The smallest absolute Gasteiger partial charge is 0.306 e. The number of Topliss-reactive ketones (excluding diaryl/α,β-unsaturated/α-hetero) is 1. The van der Waals surface area contributed by atoms with Crippen molar-refractivity contribution in [2.75, 3.05) is 26.3 Å². The molecule has 1 heterocycles. The minimum Gasteiger partial charge on any atom is -0.456 e. The Bertz CT molecular complexity index is 655. The summed E-state index contributed by atoms with van der Waals surface area (Å²) in [5.74, 6) is -0.849. The second-order valence-corrected chi connectivity index (χ2v) is 7.26. The Balaban J connectivity index is 1.68. The summed E-state index contributed by atoms with van der Waals surface area (Å²) in [5.41, 5.74) is 1.82. The molecule has 0 spiro atoms. The van der Waals surface area contributed by atoms with E-state index in [2.05, 4.69) is 6.92 Å². The fourth-order valence-electron chi connectivity index (χ4n) is 3.15. The van der Waals surface area contributed by atoms with Gasteiger partial charge in [0.15, 0.2) is 12.4 Å². The molecule has 1 fully saturated rings. The zero-order valence-corrected chi connectivity index (χ0v) is 16.9. The lowest BCUT2D eigenvalue weighted by molar-refractivity contribution is -0.154. The first-order valence-corrected chi connectivity index (χ1v) is 10.2. The minimum atomic E-state index is -0.529. The number of ether oxygens (including phenoxy) is 2. The Morgan fingerprint density at radius 1 is 1.14 bits per heavy atom. The highest BCUT2D eigenvalue weighted by Crippen LogP contribution is 2.12. The predicted molar refractivity (Wildman–Crippen MR) is 106 cm³/mol. The van der Waals surface area contributed by atoms with E-state index in [0.29, 0.717) is 25.3 Å². The number of carbonyl (C=O) groups is 3. The number of amides is 1. The van der Waals surface area contributed by atoms with Crippen LogP contribution in [0.25, 0.3) is 0 Å². The molecule has 0 bridgehead atoms. The lowest BCUT2D eigenvalue weighted by atomic mass is 10.0. The van der Waals surface area contributed by atoms with Gasteiger partial charge in [0, 0.05) is 25.1 Å². The van der Waals surface area contributed by atoms with Gasteiger partial charge in [0.25, 0.3) is 5.91 Å². The Morgan fingerprint density at radius 3 is 2.57 bits per heavy atom. The first-order valence-electron chi connectivity index (χ1n) is 10.2. The van der Waals surface area contributed by atoms with Crippen LogP contribution < -0.4 is 0 Å². The number of unbranched alkanes of at least 4 members (excludes halogenated alkanes) is 2. The summed E-state index contributed by atoms with van der Waals surface area (Å²) >= 11 is 0. The minimum absolute atomic E-state index is 0.0101. The number of esters is 1. The second-order valence-electron chi connectivity index (χ2n) is 7.26. The number of morpholine rings is 1. The van der Waals surface area contributed by atoms with E-state index in [-0.39, 0.29) is 37.2 Å². The molecule has 154 valence electrons. The van der Waals surface area contributed by atoms with E-state index in [1.807, 2.05) is 31.2 Å². The van der Waals surface area contributed by atoms with Crippen LogP contribution in [0.15, 0.2) is 24.3 Å². The van der Waals surface area contributed by atoms with Crippen LogP contribution in [0.1, 0.15) is 61.9 Å². The fourth-order valence-corrected chi connectivity index (χ4v) is 3.15. The Morgan fingerprint density at radius 2 is 1.89 bits per heavy atom. The van der Waals surface area contributed by atoms with Crippen molar-refractivity contribution in [2.24, 2.45) is 0 Å². The van der Waals surface area contributed by atoms with Gasteiger partial charge in [-0.1, -0.05) is 44.0 Å². The van der Waals surface area contributed by atoms with Crippen LogP contribution in [0.3, 0.4) is 0 Å². The fraction of sp³-hybridized carbons (Fsp3) is 0.591. The number of hydrogen-bond donors (Lipinski definition) is 0. The molecule has 1 aliphatic heterocycles. The number of hydrogen-bond acceptors (Lipinski definition) is 5. The highest BCUT2D eigenvalue weighted by Gasteiger charge is 2.22. The molecule has 1 saturated heterocycles. The normalized spacial score (nSPS) is 16.6. The van der Waals surface area contributed by atoms with E-state index in [1.165, 1.54) is 18.4 Å². The molecule has 6 nitrogen and oxygen atoms in total. The molecule has 1 amide bonds. The molecule has 1 aromatic carbocycles. The number of ketones is 1. The van der Waals surface area contributed by atoms with Crippen LogP contribution in [0.5, 0.6) is 0 Å². The van der Waals surface area contributed by atoms with Gasteiger partial charge in [0.2, 0.25) is 0 Å². The topological polar surface area (TPSA) is 72.9 Å². The van der Waals surface area contributed by atoms with Crippen LogP contribution in [0.2, 0.25) is 0 Å². The quantitative estimate of drug-likeness (QED) is 0.349. The molecular formula is C22H31NO5. The van der Waals surface area contributed by atoms with Crippen molar-refractivity contribution in [3.8, 4) is 0 Å². The third-order valence-electron chi connectivity index (χ3n) is 4.85. The standard InChI is InChI=1S/C22H31NO5/c1-3-4-5-6-18-7-9-19(10-8-18)20(24)11-12-22(26)28-16-21(25)23-13-14-27-17(2)15-23/h7-10,17H,3-6,11-16H2,1-2H3. The average Bonchev–Trinajstić information content (AvgIpc) is 2.71. The molecule has 1 atom stereocenters. The van der Waals surface area contributed by atoms with E-state index in [9.17, 15) is 14.4 Å². The van der Waals surface area contributed by atoms with E-state index in [1.54, 1.807) is 4.90 Å². The molecule has 0 N–H and O–H groups in total. The van der Waals surface area contributed by atoms with Crippen molar-refractivity contribution < 1.29 is 23.9 Å². The van der Waals surface area contributed by atoms with E-state index in [4.69, 9.17) is 9.47 Å². The SMILES string of the molecule is CCCCCc1ccc(C(=O)CCC(=O)OCC(=O)N2CCOC(C)C2)cc1. The maximum Gasteiger partial charge on any atom is 0.306 e. The maximum atomic E-state index is 12.2. The van der Waals surface area contributed by atoms with Gasteiger partial charge in [-0.25, -0.2) is 0 Å². The highest BCUT2D eigenvalue weighted by atomic mass is 16.5. The van der Waals surface area contributed by atoms with Crippen molar-refractivity contribution in [1.29, 1.82) is 0 Å². The highest BCUT2D eigenvalue weighted by molar-refractivity contribution is 5.97. The van der Waals surface area contributed by atoms with Crippen LogP contribution in [-0.4, -0.2) is 55.0 Å². The third-order valence-corrected chi connectivity index (χ3v) is 4.85. The zero-order chi connectivity index (χ0) is 20.4. The molecule has 0 aliphatic carbocycles. The molecule has 0 aromatic heterocycles. The lowest BCUT2D eigenvalue weighted by Gasteiger charge is -2.30. The second kappa shape index (κ2) is 11.6. The number of aryl methyl sites for hydroxylation is 1. The first kappa shape index (κ1) is 22.1. The monoisotopic (exact) mass is 389 g/mol. The van der Waals surface area contributed by atoms with Gasteiger partial charge in [-0.15, -0.1) is 0 Å². The van der Waals surface area contributed by atoms with Crippen molar-refractivity contribution in [3.63, 3.8) is 0 Å². The largest absolute Gasteiger partial charge is 0.456 e. The van der Waals surface area contributed by atoms with Gasteiger partial charge in [-0.3, -0.25) is 14.4 Å². The number of carbonyl (C=O) groups excluding carboxylic acids is 3. The molecule has 1 aliphatic rings. The summed E-state index contributed by atoms with van der Waals surface area (Å²) in [6.07, 6.45) is 4.60. The molecule has 6 heteroatoms.